The maximum absolute atomic E-state index is 3.70. The number of fused-ring (bicyclic) bond motifs is 1. The standard InChI is InChI=1S/C17H17Br2N/c1-12-9-20(10-13-4-2-5-14(18)8-13)11-16-15(12)6-3-7-17(16)19/h2-8,12H,9-11H2,1H3/t12-/m0/s1. The normalized spacial score (nSPS) is 18.9. The van der Waals surface area contributed by atoms with E-state index in [1.165, 1.54) is 21.2 Å². The van der Waals surface area contributed by atoms with Crippen LogP contribution in [0, 0.1) is 0 Å². The summed E-state index contributed by atoms with van der Waals surface area (Å²) in [6.45, 7) is 5.46. The summed E-state index contributed by atoms with van der Waals surface area (Å²) in [5, 5.41) is 0. The van der Waals surface area contributed by atoms with Gasteiger partial charge in [-0.05, 0) is 40.8 Å². The van der Waals surface area contributed by atoms with E-state index in [-0.39, 0.29) is 0 Å². The van der Waals surface area contributed by atoms with Crippen LogP contribution in [0.1, 0.15) is 29.5 Å². The molecule has 20 heavy (non-hydrogen) atoms. The van der Waals surface area contributed by atoms with Crippen LogP contribution in [0.4, 0.5) is 0 Å². The van der Waals surface area contributed by atoms with E-state index in [1.807, 2.05) is 0 Å². The van der Waals surface area contributed by atoms with Crippen LogP contribution < -0.4 is 0 Å². The van der Waals surface area contributed by atoms with Crippen molar-refractivity contribution in [2.24, 2.45) is 0 Å². The van der Waals surface area contributed by atoms with Gasteiger partial charge >= 0.3 is 0 Å². The summed E-state index contributed by atoms with van der Waals surface area (Å²) >= 11 is 7.25. The first-order chi connectivity index (χ1) is 9.63. The third kappa shape index (κ3) is 3.00. The first-order valence-corrected chi connectivity index (χ1v) is 8.46. The van der Waals surface area contributed by atoms with Crippen LogP contribution in [0.25, 0.3) is 0 Å². The van der Waals surface area contributed by atoms with Crippen LogP contribution in [0.15, 0.2) is 51.4 Å². The fourth-order valence-corrected chi connectivity index (χ4v) is 3.95. The molecule has 1 aliphatic rings. The van der Waals surface area contributed by atoms with Gasteiger partial charge in [0.2, 0.25) is 0 Å². The number of hydrogen-bond acceptors (Lipinski definition) is 1. The monoisotopic (exact) mass is 393 g/mol. The molecule has 0 saturated heterocycles. The molecule has 0 aliphatic carbocycles. The van der Waals surface area contributed by atoms with E-state index in [4.69, 9.17) is 0 Å². The van der Waals surface area contributed by atoms with Gasteiger partial charge in [-0.15, -0.1) is 0 Å². The first-order valence-electron chi connectivity index (χ1n) is 6.87. The molecule has 0 N–H and O–H groups in total. The number of halogens is 2. The molecule has 1 heterocycles. The Morgan fingerprint density at radius 2 is 1.95 bits per heavy atom. The van der Waals surface area contributed by atoms with E-state index in [1.54, 1.807) is 0 Å². The minimum absolute atomic E-state index is 0.586. The van der Waals surface area contributed by atoms with Crippen LogP contribution >= 0.6 is 31.9 Å². The number of benzene rings is 2. The summed E-state index contributed by atoms with van der Waals surface area (Å²) in [5.41, 5.74) is 4.30. The van der Waals surface area contributed by atoms with Crippen molar-refractivity contribution in [2.75, 3.05) is 6.54 Å². The maximum Gasteiger partial charge on any atom is 0.0251 e. The fourth-order valence-electron chi connectivity index (χ4n) is 2.99. The summed E-state index contributed by atoms with van der Waals surface area (Å²) < 4.78 is 2.39. The quantitative estimate of drug-likeness (QED) is 0.665. The Balaban J connectivity index is 1.83. The highest BCUT2D eigenvalue weighted by Gasteiger charge is 2.23. The predicted octanol–water partition coefficient (Wildman–Crippen LogP) is 5.33. The van der Waals surface area contributed by atoms with Crippen molar-refractivity contribution in [1.29, 1.82) is 0 Å². The predicted molar refractivity (Wildman–Crippen MR) is 90.8 cm³/mol. The van der Waals surface area contributed by atoms with Crippen LogP contribution in [0.5, 0.6) is 0 Å². The largest absolute Gasteiger partial charge is 0.294 e. The van der Waals surface area contributed by atoms with E-state index in [9.17, 15) is 0 Å². The van der Waals surface area contributed by atoms with Gasteiger partial charge in [0.05, 0.1) is 0 Å². The zero-order valence-corrected chi connectivity index (χ0v) is 14.6. The van der Waals surface area contributed by atoms with E-state index in [2.05, 4.69) is 86.1 Å². The highest BCUT2D eigenvalue weighted by molar-refractivity contribution is 9.10. The van der Waals surface area contributed by atoms with Gasteiger partial charge in [0.15, 0.2) is 0 Å². The van der Waals surface area contributed by atoms with E-state index in [0.717, 1.165) is 24.1 Å². The molecule has 104 valence electrons. The van der Waals surface area contributed by atoms with Gasteiger partial charge in [-0.25, -0.2) is 0 Å². The van der Waals surface area contributed by atoms with Gasteiger partial charge in [-0.2, -0.15) is 0 Å². The zero-order valence-electron chi connectivity index (χ0n) is 11.4. The topological polar surface area (TPSA) is 3.24 Å². The summed E-state index contributed by atoms with van der Waals surface area (Å²) in [5.74, 6) is 0.586. The highest BCUT2D eigenvalue weighted by Crippen LogP contribution is 2.33. The lowest BCUT2D eigenvalue weighted by Gasteiger charge is -2.33. The van der Waals surface area contributed by atoms with E-state index in [0.29, 0.717) is 5.92 Å². The van der Waals surface area contributed by atoms with Crippen molar-refractivity contribution in [3.63, 3.8) is 0 Å². The summed E-state index contributed by atoms with van der Waals surface area (Å²) in [4.78, 5) is 2.53. The maximum atomic E-state index is 3.70. The van der Waals surface area contributed by atoms with Crippen molar-refractivity contribution in [3.05, 3.63) is 68.1 Å². The Bertz CT molecular complexity index is 624. The summed E-state index contributed by atoms with van der Waals surface area (Å²) in [6.07, 6.45) is 0. The van der Waals surface area contributed by atoms with Crippen LogP contribution in [0.3, 0.4) is 0 Å². The molecule has 2 aromatic rings. The highest BCUT2D eigenvalue weighted by atomic mass is 79.9. The Kier molecular flexibility index (Phi) is 4.29. The fraction of sp³-hybridized carbons (Fsp3) is 0.294. The van der Waals surface area contributed by atoms with Gasteiger partial charge < -0.3 is 0 Å². The molecule has 0 radical (unpaired) electrons. The molecule has 0 bridgehead atoms. The molecule has 3 heteroatoms. The number of rotatable bonds is 2. The summed E-state index contributed by atoms with van der Waals surface area (Å²) in [6, 6.07) is 15.1. The number of nitrogens with zero attached hydrogens (tertiary/aromatic N) is 1. The van der Waals surface area contributed by atoms with Crippen LogP contribution in [0.2, 0.25) is 0 Å². The molecule has 0 fully saturated rings. The van der Waals surface area contributed by atoms with Crippen molar-refractivity contribution in [1.82, 2.24) is 4.90 Å². The van der Waals surface area contributed by atoms with Gasteiger partial charge in [-0.3, -0.25) is 4.90 Å². The third-order valence-corrected chi connectivity index (χ3v) is 5.13. The molecule has 3 rings (SSSR count). The van der Waals surface area contributed by atoms with Crippen molar-refractivity contribution in [2.45, 2.75) is 25.9 Å². The average Bonchev–Trinajstić information content (AvgIpc) is 2.40. The molecule has 1 aliphatic heterocycles. The Morgan fingerprint density at radius 3 is 2.75 bits per heavy atom. The van der Waals surface area contributed by atoms with Crippen molar-refractivity contribution >= 4 is 31.9 Å². The summed E-state index contributed by atoms with van der Waals surface area (Å²) in [7, 11) is 0. The SMILES string of the molecule is C[C@H]1CN(Cc2cccc(Br)c2)Cc2c(Br)cccc21. The minimum Gasteiger partial charge on any atom is -0.294 e. The van der Waals surface area contributed by atoms with Gasteiger partial charge in [0, 0.05) is 28.6 Å². The second-order valence-electron chi connectivity index (χ2n) is 5.51. The van der Waals surface area contributed by atoms with Crippen LogP contribution in [-0.4, -0.2) is 11.4 Å². The molecular formula is C17H17Br2N. The van der Waals surface area contributed by atoms with Gasteiger partial charge in [0.1, 0.15) is 0 Å². The molecule has 0 spiro atoms. The smallest absolute Gasteiger partial charge is 0.0251 e. The lowest BCUT2D eigenvalue weighted by atomic mass is 9.91. The Morgan fingerprint density at radius 1 is 1.15 bits per heavy atom. The first kappa shape index (κ1) is 14.3. The molecule has 0 amide bonds. The minimum atomic E-state index is 0.586. The Labute approximate surface area is 137 Å². The molecule has 1 nitrogen and oxygen atoms in total. The lowest BCUT2D eigenvalue weighted by molar-refractivity contribution is 0.226. The Hall–Kier alpha value is -0.640. The zero-order chi connectivity index (χ0) is 14.1. The van der Waals surface area contributed by atoms with Crippen LogP contribution in [-0.2, 0) is 13.1 Å². The van der Waals surface area contributed by atoms with Gasteiger partial charge in [-0.1, -0.05) is 63.0 Å². The second kappa shape index (κ2) is 6.00. The van der Waals surface area contributed by atoms with E-state index < -0.39 is 0 Å². The molecular weight excluding hydrogens is 378 g/mol. The van der Waals surface area contributed by atoms with Crippen molar-refractivity contribution in [3.8, 4) is 0 Å². The van der Waals surface area contributed by atoms with Crippen molar-refractivity contribution < 1.29 is 0 Å². The van der Waals surface area contributed by atoms with E-state index >= 15 is 0 Å². The molecule has 0 aromatic heterocycles. The average molecular weight is 395 g/mol. The lowest BCUT2D eigenvalue weighted by Crippen LogP contribution is -2.32. The molecule has 2 aromatic carbocycles. The third-order valence-electron chi connectivity index (χ3n) is 3.89. The number of hydrogen-bond donors (Lipinski definition) is 0. The van der Waals surface area contributed by atoms with Gasteiger partial charge in [0.25, 0.3) is 0 Å². The molecule has 0 saturated carbocycles. The second-order valence-corrected chi connectivity index (χ2v) is 7.28. The molecule has 1 atom stereocenters. The molecule has 0 unspecified atom stereocenters.